The standard InChI is InChI=1S/C19H22BrN3O4/c1-3-4-7-23-16(25)13-14(17(23)26)19(22-15(13)9(2)24)11-8-10(20)5-6-12(11)21-18(19)27/h5-6,8-9,13-15,22,24H,3-4,7H2,1-2H3,(H,21,27)/t9-,13-,14-,15+,19+/m0/s1. The van der Waals surface area contributed by atoms with Gasteiger partial charge in [0.1, 0.15) is 5.54 Å². The second-order valence-corrected chi connectivity index (χ2v) is 8.46. The molecule has 3 amide bonds. The molecule has 7 nitrogen and oxygen atoms in total. The molecular weight excluding hydrogens is 414 g/mol. The SMILES string of the molecule is CCCCN1C(=O)[C@@H]2[C@@H]([C@H](C)O)N[C@@]3(C(=O)Nc4ccc(Br)cc43)[C@@H]2C1=O. The summed E-state index contributed by atoms with van der Waals surface area (Å²) < 4.78 is 0.774. The number of carbonyl (C=O) groups excluding carboxylic acids is 3. The molecule has 0 radical (unpaired) electrons. The third-order valence-electron chi connectivity index (χ3n) is 5.96. The van der Waals surface area contributed by atoms with Crippen molar-refractivity contribution in [3.05, 3.63) is 28.2 Å². The number of aliphatic hydroxyl groups excluding tert-OH is 1. The fourth-order valence-electron chi connectivity index (χ4n) is 4.71. The van der Waals surface area contributed by atoms with Crippen LogP contribution in [-0.2, 0) is 19.9 Å². The monoisotopic (exact) mass is 435 g/mol. The van der Waals surface area contributed by atoms with Gasteiger partial charge in [0, 0.05) is 28.3 Å². The number of nitrogens with zero attached hydrogens (tertiary/aromatic N) is 1. The topological polar surface area (TPSA) is 98.7 Å². The van der Waals surface area contributed by atoms with E-state index < -0.39 is 29.5 Å². The smallest absolute Gasteiger partial charge is 0.250 e. The number of carbonyl (C=O) groups is 3. The number of imide groups is 1. The lowest BCUT2D eigenvalue weighted by Crippen LogP contribution is -2.54. The molecule has 8 heteroatoms. The van der Waals surface area contributed by atoms with Crippen LogP contribution in [0, 0.1) is 11.8 Å². The molecule has 0 saturated carbocycles. The zero-order chi connectivity index (χ0) is 19.5. The van der Waals surface area contributed by atoms with Gasteiger partial charge in [0.25, 0.3) is 0 Å². The predicted octanol–water partition coefficient (Wildman–Crippen LogP) is 1.35. The molecular formula is C19H22BrN3O4. The van der Waals surface area contributed by atoms with Gasteiger partial charge >= 0.3 is 0 Å². The van der Waals surface area contributed by atoms with E-state index in [2.05, 4.69) is 26.6 Å². The number of benzene rings is 1. The van der Waals surface area contributed by atoms with E-state index in [1.807, 2.05) is 13.0 Å². The van der Waals surface area contributed by atoms with Crippen LogP contribution >= 0.6 is 15.9 Å². The van der Waals surface area contributed by atoms with E-state index >= 15 is 0 Å². The Labute approximate surface area is 165 Å². The summed E-state index contributed by atoms with van der Waals surface area (Å²) in [6.07, 6.45) is 0.681. The number of likely N-dealkylation sites (tertiary alicyclic amines) is 1. The number of amides is 3. The van der Waals surface area contributed by atoms with Crippen molar-refractivity contribution in [2.45, 2.75) is 44.4 Å². The first kappa shape index (κ1) is 18.6. The molecule has 3 N–H and O–H groups in total. The number of hydrogen-bond donors (Lipinski definition) is 3. The molecule has 3 heterocycles. The van der Waals surface area contributed by atoms with Crippen LogP contribution < -0.4 is 10.6 Å². The predicted molar refractivity (Wildman–Crippen MR) is 102 cm³/mol. The highest BCUT2D eigenvalue weighted by Crippen LogP contribution is 2.53. The molecule has 3 aliphatic heterocycles. The summed E-state index contributed by atoms with van der Waals surface area (Å²) >= 11 is 3.43. The first-order valence-corrected chi connectivity index (χ1v) is 10.0. The lowest BCUT2D eigenvalue weighted by molar-refractivity contribution is -0.143. The van der Waals surface area contributed by atoms with Crippen molar-refractivity contribution < 1.29 is 19.5 Å². The highest BCUT2D eigenvalue weighted by Gasteiger charge is 2.70. The van der Waals surface area contributed by atoms with E-state index in [9.17, 15) is 19.5 Å². The van der Waals surface area contributed by atoms with Crippen molar-refractivity contribution in [3.8, 4) is 0 Å². The number of nitrogens with one attached hydrogen (secondary N) is 2. The summed E-state index contributed by atoms with van der Waals surface area (Å²) in [6, 6.07) is 4.71. The van der Waals surface area contributed by atoms with Gasteiger partial charge in [-0.25, -0.2) is 0 Å². The number of anilines is 1. The molecule has 144 valence electrons. The van der Waals surface area contributed by atoms with Gasteiger partial charge in [-0.15, -0.1) is 0 Å². The fraction of sp³-hybridized carbons (Fsp3) is 0.526. The third kappa shape index (κ3) is 2.43. The summed E-state index contributed by atoms with van der Waals surface area (Å²) in [6.45, 7) is 3.91. The molecule has 1 aromatic carbocycles. The molecule has 2 fully saturated rings. The van der Waals surface area contributed by atoms with Gasteiger partial charge in [-0.05, 0) is 31.5 Å². The Kier molecular flexibility index (Phi) is 4.40. The van der Waals surface area contributed by atoms with Crippen molar-refractivity contribution in [2.75, 3.05) is 11.9 Å². The van der Waals surface area contributed by atoms with E-state index in [0.29, 0.717) is 24.2 Å². The van der Waals surface area contributed by atoms with Crippen LogP contribution in [0.15, 0.2) is 22.7 Å². The number of fused-ring (bicyclic) bond motifs is 4. The van der Waals surface area contributed by atoms with Crippen molar-refractivity contribution in [2.24, 2.45) is 11.8 Å². The molecule has 5 atom stereocenters. The summed E-state index contributed by atoms with van der Waals surface area (Å²) in [4.78, 5) is 40.7. The number of unbranched alkanes of at least 4 members (excludes halogenated alkanes) is 1. The summed E-state index contributed by atoms with van der Waals surface area (Å²) in [5.41, 5.74) is -0.0921. The van der Waals surface area contributed by atoms with E-state index in [1.165, 1.54) is 4.90 Å². The number of halogens is 1. The van der Waals surface area contributed by atoms with Gasteiger partial charge in [-0.1, -0.05) is 29.3 Å². The molecule has 3 aliphatic rings. The summed E-state index contributed by atoms with van der Waals surface area (Å²) in [5.74, 6) is -2.61. The molecule has 0 aliphatic carbocycles. The van der Waals surface area contributed by atoms with Gasteiger partial charge in [-0.3, -0.25) is 24.6 Å². The third-order valence-corrected chi connectivity index (χ3v) is 6.45. The average Bonchev–Trinajstić information content (AvgIpc) is 3.20. The van der Waals surface area contributed by atoms with Crippen LogP contribution in [0.5, 0.6) is 0 Å². The zero-order valence-corrected chi connectivity index (χ0v) is 16.7. The molecule has 1 aromatic rings. The number of aliphatic hydroxyl groups is 1. The van der Waals surface area contributed by atoms with Crippen LogP contribution in [0.1, 0.15) is 32.3 Å². The maximum atomic E-state index is 13.3. The summed E-state index contributed by atoms with van der Waals surface area (Å²) in [5, 5.41) is 16.3. The Morgan fingerprint density at radius 1 is 1.30 bits per heavy atom. The Hall–Kier alpha value is -1.77. The van der Waals surface area contributed by atoms with Crippen molar-refractivity contribution in [1.82, 2.24) is 10.2 Å². The molecule has 0 unspecified atom stereocenters. The normalized spacial score (nSPS) is 32.8. The van der Waals surface area contributed by atoms with Gasteiger partial charge in [-0.2, -0.15) is 0 Å². The second-order valence-electron chi connectivity index (χ2n) is 7.55. The van der Waals surface area contributed by atoms with Gasteiger partial charge in [0.05, 0.1) is 17.9 Å². The molecule has 4 rings (SSSR count). The minimum atomic E-state index is -1.35. The highest BCUT2D eigenvalue weighted by atomic mass is 79.9. The van der Waals surface area contributed by atoms with Crippen molar-refractivity contribution in [3.63, 3.8) is 0 Å². The van der Waals surface area contributed by atoms with Crippen LogP contribution in [0.2, 0.25) is 0 Å². The van der Waals surface area contributed by atoms with E-state index in [4.69, 9.17) is 0 Å². The molecule has 1 spiro atoms. The largest absolute Gasteiger partial charge is 0.392 e. The van der Waals surface area contributed by atoms with Gasteiger partial charge in [0.2, 0.25) is 17.7 Å². The maximum Gasteiger partial charge on any atom is 0.250 e. The molecule has 27 heavy (non-hydrogen) atoms. The van der Waals surface area contributed by atoms with Gasteiger partial charge < -0.3 is 10.4 Å². The van der Waals surface area contributed by atoms with Crippen LogP contribution in [0.4, 0.5) is 5.69 Å². The first-order valence-electron chi connectivity index (χ1n) is 9.25. The van der Waals surface area contributed by atoms with E-state index in [-0.39, 0.29) is 17.7 Å². The number of hydrogen-bond acceptors (Lipinski definition) is 5. The fourth-order valence-corrected chi connectivity index (χ4v) is 5.08. The van der Waals surface area contributed by atoms with Crippen molar-refractivity contribution >= 4 is 39.3 Å². The Morgan fingerprint density at radius 3 is 2.70 bits per heavy atom. The van der Waals surface area contributed by atoms with Gasteiger partial charge in [0.15, 0.2) is 0 Å². The minimum Gasteiger partial charge on any atom is -0.392 e. The maximum absolute atomic E-state index is 13.3. The quantitative estimate of drug-likeness (QED) is 0.619. The van der Waals surface area contributed by atoms with Crippen LogP contribution in [0.25, 0.3) is 0 Å². The first-order chi connectivity index (χ1) is 12.8. The zero-order valence-electron chi connectivity index (χ0n) is 15.2. The Morgan fingerprint density at radius 2 is 2.04 bits per heavy atom. The lowest BCUT2D eigenvalue weighted by Gasteiger charge is -2.30. The Bertz CT molecular complexity index is 842. The molecule has 0 bridgehead atoms. The minimum absolute atomic E-state index is 0.301. The number of rotatable bonds is 4. The Balaban J connectivity index is 1.86. The molecule has 0 aromatic heterocycles. The van der Waals surface area contributed by atoms with Crippen LogP contribution in [0.3, 0.4) is 0 Å². The summed E-state index contributed by atoms with van der Waals surface area (Å²) in [7, 11) is 0. The second kappa shape index (κ2) is 6.39. The molecule has 2 saturated heterocycles. The van der Waals surface area contributed by atoms with Crippen LogP contribution in [-0.4, -0.2) is 46.4 Å². The highest BCUT2D eigenvalue weighted by molar-refractivity contribution is 9.10. The average molecular weight is 436 g/mol. The van der Waals surface area contributed by atoms with Crippen molar-refractivity contribution in [1.29, 1.82) is 0 Å². The van der Waals surface area contributed by atoms with E-state index in [1.54, 1.807) is 19.1 Å². The van der Waals surface area contributed by atoms with E-state index in [0.717, 1.165) is 10.9 Å². The lowest BCUT2D eigenvalue weighted by atomic mass is 9.76.